The third-order valence-electron chi connectivity index (χ3n) is 1.77. The fourth-order valence-corrected chi connectivity index (χ4v) is 1.56. The van der Waals surface area contributed by atoms with Gasteiger partial charge in [-0.2, -0.15) is 50.5 Å². The number of hydrogen-bond acceptors (Lipinski definition) is 4. The van der Waals surface area contributed by atoms with Crippen LogP contribution in [0.3, 0.4) is 0 Å². The third-order valence-corrected chi connectivity index (χ3v) is 3.89. The third kappa shape index (κ3) is 6.87. The first-order valence-corrected chi connectivity index (χ1v) is 6.26. The van der Waals surface area contributed by atoms with Gasteiger partial charge in [0.05, 0.1) is 4.08 Å². The Balaban J connectivity index is 3.38. The average Bonchev–Trinajstić information content (AvgIpc) is 1.96. The zero-order valence-corrected chi connectivity index (χ0v) is 11.0. The molecule has 0 aromatic carbocycles. The second-order valence-corrected chi connectivity index (χ2v) is 6.46. The molecule has 0 bridgehead atoms. The van der Waals surface area contributed by atoms with Gasteiger partial charge < -0.3 is 0 Å². The van der Waals surface area contributed by atoms with Crippen molar-refractivity contribution in [3.63, 3.8) is 0 Å². The minimum Gasteiger partial charge on any atom is -0.179 e. The van der Waals surface area contributed by atoms with Crippen LogP contribution in [0.25, 0.3) is 0 Å². The van der Waals surface area contributed by atoms with Crippen LogP contribution in [-0.2, 0) is 0 Å². The van der Waals surface area contributed by atoms with Gasteiger partial charge in [-0.3, -0.25) is 0 Å². The lowest BCUT2D eigenvalue weighted by atomic mass is 10.1. The van der Waals surface area contributed by atoms with E-state index in [4.69, 9.17) is 0 Å². The summed E-state index contributed by atoms with van der Waals surface area (Å²) < 4.78 is -0.260. The number of thiol groups is 4. The molecule has 74 valence electrons. The molecule has 4 heteroatoms. The van der Waals surface area contributed by atoms with Crippen molar-refractivity contribution in [2.24, 2.45) is 0 Å². The summed E-state index contributed by atoms with van der Waals surface area (Å²) in [6.07, 6.45) is 4.71. The summed E-state index contributed by atoms with van der Waals surface area (Å²) in [5.74, 6) is 0.982. The quantitative estimate of drug-likeness (QED) is 0.306. The summed E-state index contributed by atoms with van der Waals surface area (Å²) in [6.45, 7) is 1.98. The summed E-state index contributed by atoms with van der Waals surface area (Å²) in [6, 6.07) is 0. The molecular formula is C8H18S4. The highest BCUT2D eigenvalue weighted by Gasteiger charge is 2.22. The standard InChI is InChI=1S/C8H18S4/c1-8(11,12)7(10)5-3-2-4-6-9/h7,9-12H,2-6H2,1H3. The van der Waals surface area contributed by atoms with Crippen LogP contribution < -0.4 is 0 Å². The molecule has 0 aliphatic carbocycles. The zero-order chi connectivity index (χ0) is 9.61. The molecule has 0 radical (unpaired) electrons. The van der Waals surface area contributed by atoms with Crippen molar-refractivity contribution in [1.82, 2.24) is 0 Å². The van der Waals surface area contributed by atoms with Gasteiger partial charge in [0, 0.05) is 5.25 Å². The normalized spacial score (nSPS) is 14.8. The first-order chi connectivity index (χ1) is 5.48. The van der Waals surface area contributed by atoms with Crippen molar-refractivity contribution in [2.75, 3.05) is 5.75 Å². The molecule has 0 nitrogen and oxygen atoms in total. The van der Waals surface area contributed by atoms with E-state index in [1.165, 1.54) is 19.3 Å². The van der Waals surface area contributed by atoms with E-state index < -0.39 is 0 Å². The van der Waals surface area contributed by atoms with Crippen LogP contribution in [-0.4, -0.2) is 15.1 Å². The van der Waals surface area contributed by atoms with Crippen molar-refractivity contribution in [3.8, 4) is 0 Å². The van der Waals surface area contributed by atoms with Crippen molar-refractivity contribution in [3.05, 3.63) is 0 Å². The highest BCUT2D eigenvalue weighted by Crippen LogP contribution is 2.30. The molecule has 0 rings (SSSR count). The maximum atomic E-state index is 4.44. The molecule has 0 amide bonds. The lowest BCUT2D eigenvalue weighted by Gasteiger charge is -2.24. The van der Waals surface area contributed by atoms with Gasteiger partial charge in [-0.05, 0) is 25.5 Å². The Labute approximate surface area is 97.9 Å². The summed E-state index contributed by atoms with van der Waals surface area (Å²) in [7, 11) is 0. The van der Waals surface area contributed by atoms with Crippen LogP contribution in [0.5, 0.6) is 0 Å². The maximum Gasteiger partial charge on any atom is 0.0639 e. The zero-order valence-electron chi connectivity index (χ0n) is 7.40. The van der Waals surface area contributed by atoms with Crippen molar-refractivity contribution >= 4 is 50.5 Å². The minimum absolute atomic E-state index is 0.260. The van der Waals surface area contributed by atoms with E-state index >= 15 is 0 Å². The molecule has 0 spiro atoms. The van der Waals surface area contributed by atoms with Gasteiger partial charge in [-0.15, -0.1) is 0 Å². The molecule has 0 aliphatic rings. The highest BCUT2D eigenvalue weighted by atomic mass is 32.2. The van der Waals surface area contributed by atoms with Gasteiger partial charge in [0.25, 0.3) is 0 Å². The average molecular weight is 242 g/mol. The van der Waals surface area contributed by atoms with Gasteiger partial charge in [-0.1, -0.05) is 12.8 Å². The van der Waals surface area contributed by atoms with Crippen molar-refractivity contribution in [2.45, 2.75) is 41.9 Å². The van der Waals surface area contributed by atoms with E-state index in [2.05, 4.69) is 50.5 Å². The largest absolute Gasteiger partial charge is 0.179 e. The lowest BCUT2D eigenvalue weighted by molar-refractivity contribution is 0.635. The molecule has 0 aromatic rings. The highest BCUT2D eigenvalue weighted by molar-refractivity contribution is 8.02. The summed E-state index contributed by atoms with van der Waals surface area (Å²) >= 11 is 17.3. The molecular weight excluding hydrogens is 224 g/mol. The smallest absolute Gasteiger partial charge is 0.0639 e. The minimum atomic E-state index is -0.260. The van der Waals surface area contributed by atoms with Gasteiger partial charge >= 0.3 is 0 Å². The van der Waals surface area contributed by atoms with Gasteiger partial charge in [-0.25, -0.2) is 0 Å². The molecule has 0 heterocycles. The summed E-state index contributed by atoms with van der Waals surface area (Å²) in [5.41, 5.74) is 0. The monoisotopic (exact) mass is 242 g/mol. The van der Waals surface area contributed by atoms with Crippen LogP contribution >= 0.6 is 50.5 Å². The van der Waals surface area contributed by atoms with Crippen LogP contribution in [0.15, 0.2) is 0 Å². The summed E-state index contributed by atoms with van der Waals surface area (Å²) in [5, 5.41) is 0.268. The Morgan fingerprint density at radius 3 is 2.17 bits per heavy atom. The van der Waals surface area contributed by atoms with E-state index in [0.717, 1.165) is 12.2 Å². The first-order valence-electron chi connectivity index (χ1n) is 4.22. The molecule has 0 saturated carbocycles. The topological polar surface area (TPSA) is 0 Å². The molecule has 1 atom stereocenters. The second kappa shape index (κ2) is 6.80. The lowest BCUT2D eigenvalue weighted by Crippen LogP contribution is -2.22. The SMILES string of the molecule is CC(S)(S)C(S)CCCCCS. The maximum absolute atomic E-state index is 4.44. The Morgan fingerprint density at radius 1 is 1.17 bits per heavy atom. The molecule has 0 N–H and O–H groups in total. The molecule has 0 aliphatic heterocycles. The Bertz CT molecular complexity index is 108. The molecule has 0 fully saturated rings. The van der Waals surface area contributed by atoms with Gasteiger partial charge in [0.15, 0.2) is 0 Å². The molecule has 0 saturated heterocycles. The van der Waals surface area contributed by atoms with Crippen LogP contribution in [0.2, 0.25) is 0 Å². The molecule has 12 heavy (non-hydrogen) atoms. The number of unbranched alkanes of at least 4 members (excludes halogenated alkanes) is 2. The van der Waals surface area contributed by atoms with E-state index in [-0.39, 0.29) is 9.33 Å². The fraction of sp³-hybridized carbons (Fsp3) is 1.00. The predicted molar refractivity (Wildman–Crippen MR) is 71.5 cm³/mol. The predicted octanol–water partition coefficient (Wildman–Crippen LogP) is 3.35. The Morgan fingerprint density at radius 2 is 1.75 bits per heavy atom. The van der Waals surface area contributed by atoms with Crippen molar-refractivity contribution < 1.29 is 0 Å². The van der Waals surface area contributed by atoms with E-state index in [1.807, 2.05) is 6.92 Å². The van der Waals surface area contributed by atoms with Gasteiger partial charge in [0.1, 0.15) is 0 Å². The second-order valence-electron chi connectivity index (χ2n) is 3.18. The number of rotatable bonds is 6. The van der Waals surface area contributed by atoms with Gasteiger partial charge in [0.2, 0.25) is 0 Å². The molecule has 0 aromatic heterocycles. The fourth-order valence-electron chi connectivity index (χ4n) is 0.900. The Hall–Kier alpha value is 1.40. The van der Waals surface area contributed by atoms with Crippen LogP contribution in [0.1, 0.15) is 32.6 Å². The Kier molecular flexibility index (Phi) is 7.59. The van der Waals surface area contributed by atoms with Crippen LogP contribution in [0.4, 0.5) is 0 Å². The summed E-state index contributed by atoms with van der Waals surface area (Å²) in [4.78, 5) is 0. The van der Waals surface area contributed by atoms with E-state index in [1.54, 1.807) is 0 Å². The van der Waals surface area contributed by atoms with E-state index in [0.29, 0.717) is 0 Å². The first kappa shape index (κ1) is 13.4. The van der Waals surface area contributed by atoms with Crippen molar-refractivity contribution in [1.29, 1.82) is 0 Å². The van der Waals surface area contributed by atoms with Crippen LogP contribution in [0, 0.1) is 0 Å². The molecule has 1 unspecified atom stereocenters. The van der Waals surface area contributed by atoms with E-state index in [9.17, 15) is 0 Å². The number of hydrogen-bond donors (Lipinski definition) is 4.